The van der Waals surface area contributed by atoms with Crippen LogP contribution in [-0.2, 0) is 22.1 Å². The van der Waals surface area contributed by atoms with Gasteiger partial charge in [0.05, 0.1) is 18.4 Å². The Kier molecular flexibility index (Phi) is 4.28. The number of nitrogens with zero attached hydrogens (tertiary/aromatic N) is 1. The van der Waals surface area contributed by atoms with Crippen LogP contribution in [-0.4, -0.2) is 29.4 Å². The first-order valence-electron chi connectivity index (χ1n) is 7.14. The van der Waals surface area contributed by atoms with Crippen molar-refractivity contribution in [2.45, 2.75) is 12.6 Å². The van der Waals surface area contributed by atoms with E-state index in [1.165, 1.54) is 0 Å². The van der Waals surface area contributed by atoms with E-state index in [0.717, 1.165) is 11.8 Å². The summed E-state index contributed by atoms with van der Waals surface area (Å²) < 4.78 is 48.6. The van der Waals surface area contributed by atoms with E-state index < -0.39 is 17.8 Å². The van der Waals surface area contributed by atoms with Gasteiger partial charge < -0.3 is 9.47 Å². The van der Waals surface area contributed by atoms with Crippen molar-refractivity contribution in [3.05, 3.63) is 52.9 Å². The van der Waals surface area contributed by atoms with E-state index in [9.17, 15) is 18.0 Å². The minimum absolute atomic E-state index is 0.0467. The van der Waals surface area contributed by atoms with Gasteiger partial charge in [-0.05, 0) is 12.1 Å². The highest BCUT2D eigenvalue weighted by molar-refractivity contribution is 5.95. The second-order valence-corrected chi connectivity index (χ2v) is 5.15. The van der Waals surface area contributed by atoms with Gasteiger partial charge in [0.25, 0.3) is 0 Å². The molecule has 0 fully saturated rings. The van der Waals surface area contributed by atoms with Crippen LogP contribution in [0.4, 0.5) is 13.2 Å². The van der Waals surface area contributed by atoms with Gasteiger partial charge >= 0.3 is 12.1 Å². The van der Waals surface area contributed by atoms with Crippen molar-refractivity contribution >= 4 is 12.0 Å². The Hall–Kier alpha value is -2.77. The maximum absolute atomic E-state index is 12.7. The summed E-state index contributed by atoms with van der Waals surface area (Å²) in [4.78, 5) is 12.0. The van der Waals surface area contributed by atoms with Crippen molar-refractivity contribution in [2.75, 3.05) is 13.2 Å². The van der Waals surface area contributed by atoms with E-state index in [0.29, 0.717) is 11.3 Å². The Morgan fingerprint density at radius 2 is 2.12 bits per heavy atom. The van der Waals surface area contributed by atoms with E-state index in [4.69, 9.17) is 9.47 Å². The second-order valence-electron chi connectivity index (χ2n) is 5.15. The van der Waals surface area contributed by atoms with Gasteiger partial charge in [-0.15, -0.1) is 0 Å². The first kappa shape index (κ1) is 16.1. The average molecular weight is 338 g/mol. The molecule has 0 radical (unpaired) electrons. The summed E-state index contributed by atoms with van der Waals surface area (Å²) in [5.41, 5.74) is 0.101. The smallest absolute Gasteiger partial charge is 0.433 e. The Bertz CT molecular complexity index is 781. The molecule has 24 heavy (non-hydrogen) atoms. The molecule has 0 amide bonds. The van der Waals surface area contributed by atoms with Crippen LogP contribution in [0.5, 0.6) is 5.75 Å². The van der Waals surface area contributed by atoms with Crippen LogP contribution in [0.3, 0.4) is 0 Å². The van der Waals surface area contributed by atoms with Gasteiger partial charge in [-0.1, -0.05) is 18.2 Å². The van der Waals surface area contributed by atoms with Crippen LogP contribution >= 0.6 is 0 Å². The molecule has 2 heterocycles. The van der Waals surface area contributed by atoms with Crippen LogP contribution in [0.15, 0.2) is 36.0 Å². The number of para-hydroxylation sites is 1. The monoisotopic (exact) mass is 338 g/mol. The van der Waals surface area contributed by atoms with Crippen molar-refractivity contribution in [3.63, 3.8) is 0 Å². The molecule has 2 aromatic rings. The van der Waals surface area contributed by atoms with Crippen LogP contribution in [0.2, 0.25) is 0 Å². The number of aromatic amines is 1. The van der Waals surface area contributed by atoms with Gasteiger partial charge in [0.2, 0.25) is 0 Å². The molecule has 1 aliphatic rings. The van der Waals surface area contributed by atoms with Crippen molar-refractivity contribution in [3.8, 4) is 5.75 Å². The first-order valence-corrected chi connectivity index (χ1v) is 7.14. The quantitative estimate of drug-likeness (QED) is 0.871. The third-order valence-electron chi connectivity index (χ3n) is 3.50. The van der Waals surface area contributed by atoms with Crippen LogP contribution in [0.1, 0.15) is 16.8 Å². The van der Waals surface area contributed by atoms with Crippen molar-refractivity contribution in [1.82, 2.24) is 10.2 Å². The second kappa shape index (κ2) is 6.38. The summed E-state index contributed by atoms with van der Waals surface area (Å²) >= 11 is 0. The summed E-state index contributed by atoms with van der Waals surface area (Å²) in [5, 5.41) is 5.30. The minimum Gasteiger partial charge on any atom is -0.488 e. The number of carbonyl (C=O) groups is 1. The molecule has 0 saturated heterocycles. The molecule has 1 aliphatic heterocycles. The zero-order valence-electron chi connectivity index (χ0n) is 12.4. The topological polar surface area (TPSA) is 64.2 Å². The number of alkyl halides is 3. The van der Waals surface area contributed by atoms with E-state index in [1.807, 2.05) is 17.2 Å². The zero-order chi connectivity index (χ0) is 17.2. The number of nitrogens with one attached hydrogen (secondary N) is 1. The molecule has 0 aliphatic carbocycles. The standard InChI is InChI=1S/C16H13F3N2O3/c17-16(18,19)14-11(8-20-21-14)5-6-23-15(22)12-7-10-3-1-2-4-13(10)24-9-12/h1-4,7-8H,5-6,9H2,(H,20,21). The number of H-pyrrole nitrogens is 1. The highest BCUT2D eigenvalue weighted by Crippen LogP contribution is 2.30. The lowest BCUT2D eigenvalue weighted by Crippen LogP contribution is -2.18. The fraction of sp³-hybridized carbons (Fsp3) is 0.250. The zero-order valence-corrected chi connectivity index (χ0v) is 12.4. The third kappa shape index (κ3) is 3.42. The molecule has 0 spiro atoms. The predicted molar refractivity (Wildman–Crippen MR) is 78.2 cm³/mol. The van der Waals surface area contributed by atoms with E-state index in [-0.39, 0.29) is 25.2 Å². The minimum atomic E-state index is -4.51. The van der Waals surface area contributed by atoms with Gasteiger partial charge in [-0.2, -0.15) is 18.3 Å². The van der Waals surface area contributed by atoms with Crippen molar-refractivity contribution < 1.29 is 27.4 Å². The number of benzene rings is 1. The molecule has 5 nitrogen and oxygen atoms in total. The third-order valence-corrected chi connectivity index (χ3v) is 3.50. The van der Waals surface area contributed by atoms with Gasteiger partial charge in [-0.25, -0.2) is 4.79 Å². The highest BCUT2D eigenvalue weighted by Gasteiger charge is 2.35. The molecule has 0 atom stereocenters. The van der Waals surface area contributed by atoms with Gasteiger partial charge in [0.1, 0.15) is 18.1 Å². The molecule has 1 aromatic carbocycles. The number of esters is 1. The predicted octanol–water partition coefficient (Wildman–Crippen LogP) is 2.99. The van der Waals surface area contributed by atoms with Gasteiger partial charge in [0, 0.05) is 17.5 Å². The molecule has 0 bridgehead atoms. The van der Waals surface area contributed by atoms with Crippen LogP contribution in [0.25, 0.3) is 6.08 Å². The molecule has 0 unspecified atom stereocenters. The lowest BCUT2D eigenvalue weighted by Gasteiger charge is -2.17. The number of carbonyl (C=O) groups excluding carboxylic acids is 1. The Balaban J connectivity index is 1.60. The molecule has 0 saturated carbocycles. The van der Waals surface area contributed by atoms with E-state index in [2.05, 4.69) is 5.10 Å². The number of halogens is 3. The number of ether oxygens (including phenoxy) is 2. The van der Waals surface area contributed by atoms with Crippen molar-refractivity contribution in [1.29, 1.82) is 0 Å². The maximum atomic E-state index is 12.7. The molecular formula is C16H13F3N2O3. The number of aromatic nitrogens is 2. The lowest BCUT2D eigenvalue weighted by atomic mass is 10.1. The molecular weight excluding hydrogens is 325 g/mol. The largest absolute Gasteiger partial charge is 0.488 e. The summed E-state index contributed by atoms with van der Waals surface area (Å²) in [6.45, 7) is -0.115. The summed E-state index contributed by atoms with van der Waals surface area (Å²) in [7, 11) is 0. The van der Waals surface area contributed by atoms with Crippen LogP contribution < -0.4 is 4.74 Å². The molecule has 8 heteroatoms. The lowest BCUT2D eigenvalue weighted by molar-refractivity contribution is -0.142. The summed E-state index contributed by atoms with van der Waals surface area (Å²) in [5.74, 6) is 0.0591. The normalized spacial score (nSPS) is 13.7. The fourth-order valence-corrected chi connectivity index (χ4v) is 2.33. The van der Waals surface area contributed by atoms with Gasteiger partial charge in [-0.3, -0.25) is 5.10 Å². The number of rotatable bonds is 4. The first-order chi connectivity index (χ1) is 11.4. The Morgan fingerprint density at radius 1 is 1.33 bits per heavy atom. The molecule has 3 rings (SSSR count). The van der Waals surface area contributed by atoms with Crippen molar-refractivity contribution in [2.24, 2.45) is 0 Å². The summed E-state index contributed by atoms with van der Waals surface area (Å²) in [6.07, 6.45) is -1.86. The average Bonchev–Trinajstić information content (AvgIpc) is 3.03. The molecule has 126 valence electrons. The Morgan fingerprint density at radius 3 is 2.92 bits per heavy atom. The Labute approximate surface area is 135 Å². The van der Waals surface area contributed by atoms with E-state index >= 15 is 0 Å². The number of fused-ring (bicyclic) bond motifs is 1. The fourth-order valence-electron chi connectivity index (χ4n) is 2.33. The SMILES string of the molecule is O=C(OCCc1cn[nH]c1C(F)(F)F)C1=Cc2ccccc2OC1. The van der Waals surface area contributed by atoms with E-state index in [1.54, 1.807) is 18.2 Å². The maximum Gasteiger partial charge on any atom is 0.433 e. The summed E-state index contributed by atoms with van der Waals surface area (Å²) in [6, 6.07) is 7.21. The number of hydrogen-bond donors (Lipinski definition) is 1. The van der Waals surface area contributed by atoms with Crippen LogP contribution in [0, 0.1) is 0 Å². The molecule has 1 N–H and O–H groups in total. The highest BCUT2D eigenvalue weighted by atomic mass is 19.4. The molecule has 1 aromatic heterocycles. The number of hydrogen-bond acceptors (Lipinski definition) is 4. The van der Waals surface area contributed by atoms with Gasteiger partial charge in [0.15, 0.2) is 0 Å².